The quantitative estimate of drug-likeness (QED) is 0.430. The molecule has 5 nitrogen and oxygen atoms in total. The van der Waals surface area contributed by atoms with Crippen molar-refractivity contribution in [1.82, 2.24) is 9.97 Å². The van der Waals surface area contributed by atoms with Crippen molar-refractivity contribution in [2.45, 2.75) is 0 Å². The number of hydrogen-bond donors (Lipinski definition) is 2. The minimum Gasteiger partial charge on any atom is -0.449 e. The number of H-pyrrole nitrogens is 1. The molecule has 0 saturated carbocycles. The molecule has 4 rings (SSSR count). The van der Waals surface area contributed by atoms with E-state index in [1.54, 1.807) is 24.3 Å². The lowest BCUT2D eigenvalue weighted by molar-refractivity contribution is 0.661. The summed E-state index contributed by atoms with van der Waals surface area (Å²) in [7, 11) is 0. The molecule has 122 valence electrons. The Bertz CT molecular complexity index is 1140. The molecule has 0 atom stereocenters. The Labute approximate surface area is 155 Å². The number of nitrogens with two attached hydrogens (primary N) is 1. The van der Waals surface area contributed by atoms with E-state index in [1.807, 2.05) is 12.1 Å². The molecule has 0 aliphatic carbocycles. The van der Waals surface area contributed by atoms with Crippen molar-refractivity contribution in [1.29, 1.82) is 0 Å². The SMILES string of the molecule is Cl.Nc1ccc(Cl)c(-c2nc3c(oc4ccc(Br)cc43)c(=O)[nH]2)c1. The van der Waals surface area contributed by atoms with Crippen LogP contribution in [0.5, 0.6) is 0 Å². The summed E-state index contributed by atoms with van der Waals surface area (Å²) in [6.45, 7) is 0. The van der Waals surface area contributed by atoms with Gasteiger partial charge in [0, 0.05) is 21.1 Å². The Morgan fingerprint density at radius 3 is 2.79 bits per heavy atom. The molecule has 2 heterocycles. The van der Waals surface area contributed by atoms with E-state index >= 15 is 0 Å². The summed E-state index contributed by atoms with van der Waals surface area (Å²) < 4.78 is 6.47. The molecule has 2 aromatic carbocycles. The highest BCUT2D eigenvalue weighted by Gasteiger charge is 2.15. The van der Waals surface area contributed by atoms with Crippen molar-refractivity contribution in [3.63, 3.8) is 0 Å². The Balaban J connectivity index is 0.00000169. The van der Waals surface area contributed by atoms with Crippen LogP contribution >= 0.6 is 39.9 Å². The zero-order valence-corrected chi connectivity index (χ0v) is 15.1. The Hall–Kier alpha value is -2.02. The van der Waals surface area contributed by atoms with Gasteiger partial charge in [0.15, 0.2) is 0 Å². The molecule has 0 spiro atoms. The van der Waals surface area contributed by atoms with Crippen LogP contribution in [0.4, 0.5) is 5.69 Å². The fourth-order valence-electron chi connectivity index (χ4n) is 2.48. The number of aromatic amines is 1. The van der Waals surface area contributed by atoms with Crippen LogP contribution in [0.1, 0.15) is 0 Å². The molecule has 0 unspecified atom stereocenters. The van der Waals surface area contributed by atoms with Crippen molar-refractivity contribution < 1.29 is 4.42 Å². The second-order valence-corrected chi connectivity index (χ2v) is 6.40. The van der Waals surface area contributed by atoms with E-state index in [0.29, 0.717) is 33.2 Å². The molecule has 0 radical (unpaired) electrons. The van der Waals surface area contributed by atoms with Gasteiger partial charge in [-0.1, -0.05) is 27.5 Å². The summed E-state index contributed by atoms with van der Waals surface area (Å²) in [5, 5.41) is 1.21. The van der Waals surface area contributed by atoms with E-state index in [1.165, 1.54) is 0 Å². The monoisotopic (exact) mass is 425 g/mol. The minimum atomic E-state index is -0.365. The Kier molecular flexibility index (Phi) is 4.29. The average Bonchev–Trinajstić information content (AvgIpc) is 2.88. The van der Waals surface area contributed by atoms with E-state index in [9.17, 15) is 4.79 Å². The van der Waals surface area contributed by atoms with Gasteiger partial charge in [-0.25, -0.2) is 4.98 Å². The van der Waals surface area contributed by atoms with Gasteiger partial charge in [-0.15, -0.1) is 12.4 Å². The van der Waals surface area contributed by atoms with Gasteiger partial charge in [-0.3, -0.25) is 4.79 Å². The molecule has 0 aliphatic rings. The lowest BCUT2D eigenvalue weighted by Gasteiger charge is -2.04. The number of nitrogens with zero attached hydrogens (tertiary/aromatic N) is 1. The number of aromatic nitrogens is 2. The van der Waals surface area contributed by atoms with Gasteiger partial charge in [0.2, 0.25) is 5.58 Å². The highest BCUT2D eigenvalue weighted by Crippen LogP contribution is 2.31. The molecule has 0 fully saturated rings. The topological polar surface area (TPSA) is 84.9 Å². The van der Waals surface area contributed by atoms with E-state index in [-0.39, 0.29) is 23.5 Å². The summed E-state index contributed by atoms with van der Waals surface area (Å²) in [4.78, 5) is 19.6. The Morgan fingerprint density at radius 2 is 2.00 bits per heavy atom. The third-order valence-electron chi connectivity index (χ3n) is 3.53. The summed E-state index contributed by atoms with van der Waals surface area (Å²) in [6.07, 6.45) is 0. The maximum absolute atomic E-state index is 12.3. The number of anilines is 1. The number of hydrogen-bond acceptors (Lipinski definition) is 4. The number of nitrogens with one attached hydrogen (secondary N) is 1. The molecule has 0 amide bonds. The first-order valence-corrected chi connectivity index (χ1v) is 7.87. The minimum absolute atomic E-state index is 0. The van der Waals surface area contributed by atoms with Crippen LogP contribution in [0.25, 0.3) is 33.5 Å². The molecule has 4 aromatic rings. The molecule has 2 aromatic heterocycles. The molecule has 3 N–H and O–H groups in total. The van der Waals surface area contributed by atoms with Crippen LogP contribution in [-0.2, 0) is 0 Å². The van der Waals surface area contributed by atoms with Crippen molar-refractivity contribution in [3.8, 4) is 11.4 Å². The summed E-state index contributed by atoms with van der Waals surface area (Å²) in [5.41, 5.74) is 7.80. The van der Waals surface area contributed by atoms with Gasteiger partial charge in [0.25, 0.3) is 5.56 Å². The molecular weight excluding hydrogens is 417 g/mol. The fourth-order valence-corrected chi connectivity index (χ4v) is 3.05. The van der Waals surface area contributed by atoms with Crippen LogP contribution in [0.2, 0.25) is 5.02 Å². The van der Waals surface area contributed by atoms with Gasteiger partial charge in [-0.05, 0) is 36.4 Å². The van der Waals surface area contributed by atoms with Crippen LogP contribution < -0.4 is 11.3 Å². The zero-order valence-electron chi connectivity index (χ0n) is 12.0. The van der Waals surface area contributed by atoms with Gasteiger partial charge in [-0.2, -0.15) is 0 Å². The maximum Gasteiger partial charge on any atom is 0.294 e. The van der Waals surface area contributed by atoms with Crippen LogP contribution in [0.15, 0.2) is 50.1 Å². The number of furan rings is 1. The largest absolute Gasteiger partial charge is 0.449 e. The number of nitrogen functional groups attached to an aromatic ring is 1. The predicted molar refractivity (Wildman–Crippen MR) is 102 cm³/mol. The molecule has 0 saturated heterocycles. The van der Waals surface area contributed by atoms with Crippen LogP contribution in [0, 0.1) is 0 Å². The highest BCUT2D eigenvalue weighted by molar-refractivity contribution is 9.10. The van der Waals surface area contributed by atoms with Gasteiger partial charge in [0.05, 0.1) is 5.02 Å². The number of benzene rings is 2. The Morgan fingerprint density at radius 1 is 1.21 bits per heavy atom. The normalized spacial score (nSPS) is 10.9. The molecule has 24 heavy (non-hydrogen) atoms. The lowest BCUT2D eigenvalue weighted by Crippen LogP contribution is -2.08. The van der Waals surface area contributed by atoms with E-state index in [0.717, 1.165) is 9.86 Å². The highest BCUT2D eigenvalue weighted by atomic mass is 79.9. The van der Waals surface area contributed by atoms with Crippen molar-refractivity contribution in [3.05, 3.63) is 56.2 Å². The van der Waals surface area contributed by atoms with E-state index < -0.39 is 0 Å². The average molecular weight is 427 g/mol. The number of halogens is 3. The molecular formula is C16H10BrCl2N3O2. The van der Waals surface area contributed by atoms with Crippen molar-refractivity contribution >= 4 is 67.7 Å². The zero-order chi connectivity index (χ0) is 16.1. The van der Waals surface area contributed by atoms with Crippen LogP contribution in [-0.4, -0.2) is 9.97 Å². The van der Waals surface area contributed by atoms with Gasteiger partial charge < -0.3 is 15.1 Å². The first-order chi connectivity index (χ1) is 11.0. The maximum atomic E-state index is 12.3. The molecule has 0 aliphatic heterocycles. The molecule has 8 heteroatoms. The summed E-state index contributed by atoms with van der Waals surface area (Å²) in [5.74, 6) is 0.350. The van der Waals surface area contributed by atoms with Crippen molar-refractivity contribution in [2.24, 2.45) is 0 Å². The first kappa shape index (κ1) is 16.8. The molecule has 0 bridgehead atoms. The number of fused-ring (bicyclic) bond motifs is 3. The predicted octanol–water partition coefficient (Wildman–Crippen LogP) is 4.76. The fraction of sp³-hybridized carbons (Fsp3) is 0. The van der Waals surface area contributed by atoms with Gasteiger partial charge >= 0.3 is 0 Å². The first-order valence-electron chi connectivity index (χ1n) is 6.70. The van der Waals surface area contributed by atoms with Crippen molar-refractivity contribution in [2.75, 3.05) is 5.73 Å². The smallest absolute Gasteiger partial charge is 0.294 e. The van der Waals surface area contributed by atoms with Crippen LogP contribution in [0.3, 0.4) is 0 Å². The standard InChI is InChI=1S/C16H9BrClN3O2.ClH/c17-7-1-4-12-10(5-7)13-14(23-12)16(22)21-15(20-13)9-6-8(19)2-3-11(9)18;/h1-6H,19H2,(H,20,21,22);1H. The van der Waals surface area contributed by atoms with Gasteiger partial charge in [0.1, 0.15) is 16.9 Å². The third kappa shape index (κ3) is 2.66. The summed E-state index contributed by atoms with van der Waals surface area (Å²) in [6, 6.07) is 10.5. The van der Waals surface area contributed by atoms with E-state index in [2.05, 4.69) is 25.9 Å². The second kappa shape index (κ2) is 6.12. The second-order valence-electron chi connectivity index (χ2n) is 5.07. The summed E-state index contributed by atoms with van der Waals surface area (Å²) >= 11 is 9.62. The lowest BCUT2D eigenvalue weighted by atomic mass is 10.2. The van der Waals surface area contributed by atoms with E-state index in [4.69, 9.17) is 21.8 Å². The third-order valence-corrected chi connectivity index (χ3v) is 4.35. The number of rotatable bonds is 1.